The molecule has 7 heteroatoms. The summed E-state index contributed by atoms with van der Waals surface area (Å²) in [5, 5.41) is 3.86. The molecule has 0 aliphatic carbocycles. The lowest BCUT2D eigenvalue weighted by Gasteiger charge is -2.12. The quantitative estimate of drug-likeness (QED) is 0.730. The average molecular weight is 284 g/mol. The Labute approximate surface area is 115 Å². The number of nitrogens with two attached hydrogens (primary N) is 1. The highest BCUT2D eigenvalue weighted by molar-refractivity contribution is 6.32. The molecule has 0 saturated carbocycles. The maximum Gasteiger partial charge on any atom is 0.319 e. The molecular weight excluding hydrogens is 270 g/mol. The zero-order valence-electron chi connectivity index (χ0n) is 10.5. The van der Waals surface area contributed by atoms with Gasteiger partial charge in [-0.3, -0.25) is 14.9 Å². The Morgan fingerprint density at radius 2 is 1.95 bits per heavy atom. The van der Waals surface area contributed by atoms with Gasteiger partial charge in [0, 0.05) is 11.3 Å². The summed E-state index contributed by atoms with van der Waals surface area (Å²) in [7, 11) is 0. The number of urea groups is 1. The number of nitrogens with one attached hydrogen (secondary N) is 2. The second kappa shape index (κ2) is 6.19. The Balaban J connectivity index is 3.01. The first-order valence-electron chi connectivity index (χ1n) is 5.48. The number of rotatable bonds is 3. The summed E-state index contributed by atoms with van der Waals surface area (Å²) >= 11 is 5.65. The fourth-order valence-electron chi connectivity index (χ4n) is 1.43. The van der Waals surface area contributed by atoms with Crippen molar-refractivity contribution in [3.8, 4) is 0 Å². The molecule has 0 unspecified atom stereocenters. The summed E-state index contributed by atoms with van der Waals surface area (Å²) in [6, 6.07) is 3.80. The highest BCUT2D eigenvalue weighted by Crippen LogP contribution is 2.19. The summed E-state index contributed by atoms with van der Waals surface area (Å²) < 4.78 is 0. The number of primary amides is 1. The van der Waals surface area contributed by atoms with Gasteiger partial charge in [0.25, 0.3) is 5.91 Å². The van der Waals surface area contributed by atoms with Crippen LogP contribution in [0.15, 0.2) is 18.2 Å². The lowest BCUT2D eigenvalue weighted by atomic mass is 10.1. The van der Waals surface area contributed by atoms with Gasteiger partial charge in [-0.1, -0.05) is 6.07 Å². The Morgan fingerprint density at radius 3 is 2.47 bits per heavy atom. The first kappa shape index (κ1) is 15.0. The van der Waals surface area contributed by atoms with E-state index in [1.165, 1.54) is 13.0 Å². The molecule has 0 saturated heterocycles. The van der Waals surface area contributed by atoms with E-state index in [-0.39, 0.29) is 11.5 Å². The van der Waals surface area contributed by atoms with Gasteiger partial charge in [-0.15, -0.1) is 11.6 Å². The molecule has 1 aromatic rings. The van der Waals surface area contributed by atoms with E-state index in [0.29, 0.717) is 11.3 Å². The van der Waals surface area contributed by atoms with E-state index in [4.69, 9.17) is 17.3 Å². The van der Waals surface area contributed by atoms with Crippen LogP contribution in [0.4, 0.5) is 10.5 Å². The molecule has 0 heterocycles. The topological polar surface area (TPSA) is 101 Å². The van der Waals surface area contributed by atoms with Crippen molar-refractivity contribution in [2.75, 3.05) is 5.32 Å². The molecule has 1 aromatic carbocycles. The van der Waals surface area contributed by atoms with Crippen LogP contribution in [0, 0.1) is 6.92 Å². The third kappa shape index (κ3) is 3.96. The van der Waals surface area contributed by atoms with Crippen molar-refractivity contribution in [2.45, 2.75) is 19.2 Å². The number of halogens is 1. The van der Waals surface area contributed by atoms with Crippen LogP contribution in [0.5, 0.6) is 0 Å². The van der Waals surface area contributed by atoms with Crippen molar-refractivity contribution in [3.05, 3.63) is 29.3 Å². The van der Waals surface area contributed by atoms with E-state index >= 15 is 0 Å². The van der Waals surface area contributed by atoms with Gasteiger partial charge < -0.3 is 11.1 Å². The molecule has 1 rings (SSSR count). The molecule has 1 atom stereocenters. The molecule has 4 N–H and O–H groups in total. The van der Waals surface area contributed by atoms with Crippen LogP contribution in [0.2, 0.25) is 0 Å². The van der Waals surface area contributed by atoms with E-state index in [1.807, 2.05) is 5.32 Å². The summed E-state index contributed by atoms with van der Waals surface area (Å²) in [6.45, 7) is 3.18. The number of carbonyl (C=O) groups is 3. The number of imide groups is 1. The van der Waals surface area contributed by atoms with Crippen LogP contribution in [0.3, 0.4) is 0 Å². The van der Waals surface area contributed by atoms with E-state index < -0.39 is 17.3 Å². The van der Waals surface area contributed by atoms with Crippen molar-refractivity contribution >= 4 is 35.1 Å². The van der Waals surface area contributed by atoms with Gasteiger partial charge >= 0.3 is 6.03 Å². The minimum Gasteiger partial charge on any atom is -0.351 e. The van der Waals surface area contributed by atoms with Crippen LogP contribution in [-0.4, -0.2) is 23.2 Å². The Morgan fingerprint density at radius 1 is 1.32 bits per heavy atom. The smallest absolute Gasteiger partial charge is 0.319 e. The van der Waals surface area contributed by atoms with Gasteiger partial charge in [0.05, 0.1) is 0 Å². The molecule has 0 radical (unpaired) electrons. The lowest BCUT2D eigenvalue weighted by Crippen LogP contribution is -2.35. The second-order valence-corrected chi connectivity index (χ2v) is 4.56. The third-order valence-electron chi connectivity index (χ3n) is 2.43. The monoisotopic (exact) mass is 283 g/mol. The Kier molecular flexibility index (Phi) is 4.88. The minimum absolute atomic E-state index is 0.249. The maximum atomic E-state index is 11.7. The summed E-state index contributed by atoms with van der Waals surface area (Å²) in [4.78, 5) is 33.9. The standard InChI is InChI=1S/C12H14ClN3O3/c1-6-8(11(18)16-12(14)19)4-3-5-9(6)15-10(17)7(2)13/h3-5,7H,1-2H3,(H,15,17)(H3,14,16,18,19)/t7-/m0/s1. The predicted octanol–water partition coefficient (Wildman–Crippen LogP) is 1.37. The maximum absolute atomic E-state index is 11.7. The Bertz CT molecular complexity index is 529. The predicted molar refractivity (Wildman–Crippen MR) is 72.2 cm³/mol. The summed E-state index contributed by atoms with van der Waals surface area (Å²) in [5.41, 5.74) is 6.10. The zero-order valence-corrected chi connectivity index (χ0v) is 11.2. The first-order valence-corrected chi connectivity index (χ1v) is 5.92. The molecule has 4 amide bonds. The lowest BCUT2D eigenvalue weighted by molar-refractivity contribution is -0.115. The fourth-order valence-corrected chi connectivity index (χ4v) is 1.48. The van der Waals surface area contributed by atoms with Crippen LogP contribution in [0.25, 0.3) is 0 Å². The molecule has 0 spiro atoms. The number of hydrogen-bond acceptors (Lipinski definition) is 3. The number of hydrogen-bond donors (Lipinski definition) is 3. The molecule has 0 aliphatic heterocycles. The van der Waals surface area contributed by atoms with Crippen molar-refractivity contribution < 1.29 is 14.4 Å². The van der Waals surface area contributed by atoms with Crippen LogP contribution in [0.1, 0.15) is 22.8 Å². The molecule has 19 heavy (non-hydrogen) atoms. The van der Waals surface area contributed by atoms with Gasteiger partial charge in [-0.2, -0.15) is 0 Å². The highest BCUT2D eigenvalue weighted by Gasteiger charge is 2.15. The van der Waals surface area contributed by atoms with E-state index in [2.05, 4.69) is 5.32 Å². The normalized spacial score (nSPS) is 11.5. The molecule has 0 aliphatic rings. The SMILES string of the molecule is Cc1c(NC(=O)[C@H](C)Cl)cccc1C(=O)NC(N)=O. The average Bonchev–Trinajstić information content (AvgIpc) is 2.30. The fraction of sp³-hybridized carbons (Fsp3) is 0.250. The summed E-state index contributed by atoms with van der Waals surface area (Å²) in [5.74, 6) is -1.00. The van der Waals surface area contributed by atoms with Crippen molar-refractivity contribution in [2.24, 2.45) is 5.73 Å². The molecular formula is C12H14ClN3O3. The van der Waals surface area contributed by atoms with Gasteiger partial charge in [0.15, 0.2) is 0 Å². The van der Waals surface area contributed by atoms with E-state index in [0.717, 1.165) is 0 Å². The number of carbonyl (C=O) groups excluding carboxylic acids is 3. The number of alkyl halides is 1. The minimum atomic E-state index is -0.937. The van der Waals surface area contributed by atoms with Gasteiger partial charge in [-0.25, -0.2) is 4.79 Å². The summed E-state index contributed by atoms with van der Waals surface area (Å²) in [6.07, 6.45) is 0. The van der Waals surface area contributed by atoms with Gasteiger partial charge in [0.1, 0.15) is 5.38 Å². The van der Waals surface area contributed by atoms with E-state index in [1.54, 1.807) is 19.1 Å². The van der Waals surface area contributed by atoms with Crippen LogP contribution in [-0.2, 0) is 4.79 Å². The number of benzene rings is 1. The molecule has 0 bridgehead atoms. The van der Waals surface area contributed by atoms with Crippen molar-refractivity contribution in [3.63, 3.8) is 0 Å². The second-order valence-electron chi connectivity index (χ2n) is 3.90. The molecule has 6 nitrogen and oxygen atoms in total. The Hall–Kier alpha value is -2.08. The van der Waals surface area contributed by atoms with Crippen LogP contribution < -0.4 is 16.4 Å². The van der Waals surface area contributed by atoms with Crippen molar-refractivity contribution in [1.82, 2.24) is 5.32 Å². The molecule has 0 fully saturated rings. The van der Waals surface area contributed by atoms with Crippen molar-refractivity contribution in [1.29, 1.82) is 0 Å². The first-order chi connectivity index (χ1) is 8.82. The number of anilines is 1. The molecule has 0 aromatic heterocycles. The zero-order chi connectivity index (χ0) is 14.6. The van der Waals surface area contributed by atoms with Gasteiger partial charge in [-0.05, 0) is 31.5 Å². The van der Waals surface area contributed by atoms with E-state index in [9.17, 15) is 14.4 Å². The van der Waals surface area contributed by atoms with Gasteiger partial charge in [0.2, 0.25) is 5.91 Å². The number of amides is 4. The van der Waals surface area contributed by atoms with Crippen LogP contribution >= 0.6 is 11.6 Å². The third-order valence-corrected chi connectivity index (χ3v) is 2.63. The largest absolute Gasteiger partial charge is 0.351 e. The molecule has 102 valence electrons. The highest BCUT2D eigenvalue weighted by atomic mass is 35.5.